The number of rotatable bonds is 6. The lowest BCUT2D eigenvalue weighted by Crippen LogP contribution is -2.39. The Morgan fingerprint density at radius 2 is 2.12 bits per heavy atom. The molecule has 1 N–H and O–H groups in total. The predicted molar refractivity (Wildman–Crippen MR) is 67.1 cm³/mol. The molecule has 1 atom stereocenters. The van der Waals surface area contributed by atoms with Crippen molar-refractivity contribution in [2.45, 2.75) is 52.1 Å². The van der Waals surface area contributed by atoms with Gasteiger partial charge in [0.1, 0.15) is 0 Å². The maximum atomic E-state index is 11.7. The van der Waals surface area contributed by atoms with E-state index in [9.17, 15) is 13.2 Å². The monoisotopic (exact) mass is 262 g/mol. The minimum atomic E-state index is -3.23. The Morgan fingerprint density at radius 3 is 2.59 bits per heavy atom. The van der Waals surface area contributed by atoms with Gasteiger partial charge in [0.25, 0.3) is 0 Å². The molecule has 0 bridgehead atoms. The van der Waals surface area contributed by atoms with Crippen molar-refractivity contribution in [2.75, 3.05) is 12.3 Å². The molecule has 0 radical (unpaired) electrons. The Hall–Kier alpha value is -0.620. The quantitative estimate of drug-likeness (QED) is 0.767. The van der Waals surface area contributed by atoms with Crippen LogP contribution in [0.4, 0.5) is 0 Å². The SMILES string of the molecule is CCCCS(=O)(=O)NC1CC(=O)N(C(C)C)C1. The number of nitrogens with zero attached hydrogens (tertiary/aromatic N) is 1. The Bertz CT molecular complexity index is 365. The highest BCUT2D eigenvalue weighted by Crippen LogP contribution is 2.15. The number of sulfonamides is 1. The molecule has 1 aliphatic heterocycles. The molecule has 0 aliphatic carbocycles. The smallest absolute Gasteiger partial charge is 0.224 e. The summed E-state index contributed by atoms with van der Waals surface area (Å²) in [5, 5.41) is 0. The van der Waals surface area contributed by atoms with Crippen molar-refractivity contribution < 1.29 is 13.2 Å². The average molecular weight is 262 g/mol. The van der Waals surface area contributed by atoms with E-state index in [2.05, 4.69) is 4.72 Å². The molecular weight excluding hydrogens is 240 g/mol. The molecule has 1 amide bonds. The predicted octanol–water partition coefficient (Wildman–Crippen LogP) is 0.715. The van der Waals surface area contributed by atoms with Crippen LogP contribution in [0.5, 0.6) is 0 Å². The molecule has 0 aromatic carbocycles. The van der Waals surface area contributed by atoms with Crippen molar-refractivity contribution >= 4 is 15.9 Å². The fourth-order valence-electron chi connectivity index (χ4n) is 1.96. The van der Waals surface area contributed by atoms with E-state index in [0.29, 0.717) is 13.0 Å². The molecule has 1 fully saturated rings. The summed E-state index contributed by atoms with van der Waals surface area (Å²) in [6.07, 6.45) is 1.79. The highest BCUT2D eigenvalue weighted by atomic mass is 32.2. The van der Waals surface area contributed by atoms with E-state index in [1.165, 1.54) is 0 Å². The second-order valence-electron chi connectivity index (χ2n) is 4.83. The fourth-order valence-corrected chi connectivity index (χ4v) is 3.41. The van der Waals surface area contributed by atoms with Crippen LogP contribution in [0.3, 0.4) is 0 Å². The third-order valence-electron chi connectivity index (χ3n) is 2.89. The van der Waals surface area contributed by atoms with Crippen LogP contribution in [0.15, 0.2) is 0 Å². The van der Waals surface area contributed by atoms with E-state index >= 15 is 0 Å². The number of hydrogen-bond donors (Lipinski definition) is 1. The van der Waals surface area contributed by atoms with Gasteiger partial charge in [0, 0.05) is 25.0 Å². The first-order valence-electron chi connectivity index (χ1n) is 6.15. The van der Waals surface area contributed by atoms with Gasteiger partial charge in [0.2, 0.25) is 15.9 Å². The van der Waals surface area contributed by atoms with Gasteiger partial charge in [-0.2, -0.15) is 0 Å². The van der Waals surface area contributed by atoms with Crippen molar-refractivity contribution in [1.82, 2.24) is 9.62 Å². The van der Waals surface area contributed by atoms with Gasteiger partial charge in [-0.3, -0.25) is 4.79 Å². The van der Waals surface area contributed by atoms with Crippen molar-refractivity contribution in [1.29, 1.82) is 0 Å². The Labute approximate surface area is 104 Å². The first-order valence-corrected chi connectivity index (χ1v) is 7.80. The van der Waals surface area contributed by atoms with Crippen molar-refractivity contribution in [3.63, 3.8) is 0 Å². The van der Waals surface area contributed by atoms with Gasteiger partial charge >= 0.3 is 0 Å². The lowest BCUT2D eigenvalue weighted by Gasteiger charge is -2.21. The Balaban J connectivity index is 2.52. The fraction of sp³-hybridized carbons (Fsp3) is 0.909. The van der Waals surface area contributed by atoms with Gasteiger partial charge in [0.05, 0.1) is 5.75 Å². The minimum Gasteiger partial charge on any atom is -0.339 e. The first kappa shape index (κ1) is 14.4. The zero-order chi connectivity index (χ0) is 13.1. The van der Waals surface area contributed by atoms with Crippen LogP contribution in [0.25, 0.3) is 0 Å². The maximum absolute atomic E-state index is 11.7. The van der Waals surface area contributed by atoms with E-state index in [1.807, 2.05) is 20.8 Å². The van der Waals surface area contributed by atoms with Crippen LogP contribution in [0.2, 0.25) is 0 Å². The summed E-state index contributed by atoms with van der Waals surface area (Å²) in [4.78, 5) is 13.3. The molecule has 17 heavy (non-hydrogen) atoms. The van der Waals surface area contributed by atoms with Crippen LogP contribution in [0.1, 0.15) is 40.0 Å². The summed E-state index contributed by atoms with van der Waals surface area (Å²) in [7, 11) is -3.23. The number of unbranched alkanes of at least 4 members (excludes halogenated alkanes) is 1. The topological polar surface area (TPSA) is 66.5 Å². The zero-order valence-corrected chi connectivity index (χ0v) is 11.6. The molecule has 6 heteroatoms. The van der Waals surface area contributed by atoms with Crippen molar-refractivity contribution in [2.24, 2.45) is 0 Å². The minimum absolute atomic E-state index is 0.0307. The molecule has 100 valence electrons. The Morgan fingerprint density at radius 1 is 1.47 bits per heavy atom. The van der Waals surface area contributed by atoms with Crippen LogP contribution in [-0.4, -0.2) is 43.6 Å². The van der Waals surface area contributed by atoms with Crippen LogP contribution in [0, 0.1) is 0 Å². The largest absolute Gasteiger partial charge is 0.339 e. The summed E-state index contributed by atoms with van der Waals surface area (Å²) in [5.74, 6) is 0.179. The highest BCUT2D eigenvalue weighted by molar-refractivity contribution is 7.89. The third-order valence-corrected chi connectivity index (χ3v) is 4.41. The summed E-state index contributed by atoms with van der Waals surface area (Å²) in [5.41, 5.74) is 0. The average Bonchev–Trinajstić information content (AvgIpc) is 2.55. The van der Waals surface area contributed by atoms with Crippen molar-refractivity contribution in [3.8, 4) is 0 Å². The van der Waals surface area contributed by atoms with E-state index in [4.69, 9.17) is 0 Å². The summed E-state index contributed by atoms with van der Waals surface area (Å²) in [6.45, 7) is 6.31. The maximum Gasteiger partial charge on any atom is 0.224 e. The van der Waals surface area contributed by atoms with E-state index in [1.54, 1.807) is 4.90 Å². The standard InChI is InChI=1S/C11H22N2O3S/c1-4-5-6-17(15,16)12-10-7-11(14)13(8-10)9(2)3/h9-10,12H,4-8H2,1-3H3. The van der Waals surface area contributed by atoms with Crippen LogP contribution >= 0.6 is 0 Å². The number of carbonyl (C=O) groups excluding carboxylic acids is 1. The molecule has 0 aromatic heterocycles. The number of carbonyl (C=O) groups is 1. The zero-order valence-electron chi connectivity index (χ0n) is 10.8. The number of likely N-dealkylation sites (tertiary alicyclic amines) is 1. The van der Waals surface area contributed by atoms with Gasteiger partial charge in [-0.25, -0.2) is 13.1 Å². The molecule has 1 unspecified atom stereocenters. The van der Waals surface area contributed by atoms with Crippen LogP contribution in [-0.2, 0) is 14.8 Å². The second-order valence-corrected chi connectivity index (χ2v) is 6.70. The molecule has 1 aliphatic rings. The van der Waals surface area contributed by atoms with Crippen LogP contribution < -0.4 is 4.72 Å². The third kappa shape index (κ3) is 4.27. The number of amides is 1. The summed E-state index contributed by atoms with van der Waals surface area (Å²) in [6, 6.07) is -0.126. The molecule has 1 rings (SSSR count). The molecule has 5 nitrogen and oxygen atoms in total. The number of hydrogen-bond acceptors (Lipinski definition) is 3. The second kappa shape index (κ2) is 5.82. The lowest BCUT2D eigenvalue weighted by molar-refractivity contribution is -0.129. The van der Waals surface area contributed by atoms with Gasteiger partial charge in [-0.1, -0.05) is 13.3 Å². The molecular formula is C11H22N2O3S. The van der Waals surface area contributed by atoms with Gasteiger partial charge < -0.3 is 4.90 Å². The summed E-state index contributed by atoms with van der Waals surface area (Å²) >= 11 is 0. The molecule has 0 aromatic rings. The van der Waals surface area contributed by atoms with E-state index in [0.717, 1.165) is 6.42 Å². The van der Waals surface area contributed by atoms with Crippen molar-refractivity contribution in [3.05, 3.63) is 0 Å². The Kier molecular flexibility index (Phi) is 4.94. The first-order chi connectivity index (χ1) is 7.85. The van der Waals surface area contributed by atoms with E-state index < -0.39 is 10.0 Å². The molecule has 1 saturated heterocycles. The normalized spacial score (nSPS) is 21.5. The highest BCUT2D eigenvalue weighted by Gasteiger charge is 2.33. The molecule has 0 saturated carbocycles. The van der Waals surface area contributed by atoms with Gasteiger partial charge in [-0.15, -0.1) is 0 Å². The van der Waals surface area contributed by atoms with Gasteiger partial charge in [0.15, 0.2) is 0 Å². The molecule has 0 spiro atoms. The van der Waals surface area contributed by atoms with Gasteiger partial charge in [-0.05, 0) is 20.3 Å². The lowest BCUT2D eigenvalue weighted by atomic mass is 10.3. The summed E-state index contributed by atoms with van der Waals surface area (Å²) < 4.78 is 26.0. The van der Waals surface area contributed by atoms with E-state index in [-0.39, 0.29) is 30.2 Å². The molecule has 1 heterocycles. The number of nitrogens with one attached hydrogen (secondary N) is 1.